The predicted molar refractivity (Wildman–Crippen MR) is 315 cm³/mol. The zero-order valence-electron chi connectivity index (χ0n) is 44.8. The number of aromatic carboxylic acids is 1. The smallest absolute Gasteiger partial charge is 0.335 e. The fourth-order valence-electron chi connectivity index (χ4n) is 9.97. The number of carboxylic acid groups (broad SMARTS) is 1. The fourth-order valence-corrected chi connectivity index (χ4v) is 11.2. The summed E-state index contributed by atoms with van der Waals surface area (Å²) in [6, 6.07) is 35.0. The largest absolute Gasteiger partial charge is 0.485 e. The van der Waals surface area contributed by atoms with Crippen molar-refractivity contribution in [1.29, 1.82) is 0 Å². The van der Waals surface area contributed by atoms with E-state index in [2.05, 4.69) is 144 Å². The first-order valence-electron chi connectivity index (χ1n) is 28.1. The highest BCUT2D eigenvalue weighted by molar-refractivity contribution is 7.19. The van der Waals surface area contributed by atoms with Crippen LogP contribution in [-0.2, 0) is 25.7 Å². The molecule has 0 unspecified atom stereocenters. The molecule has 0 saturated heterocycles. The Morgan fingerprint density at radius 2 is 0.849 bits per heavy atom. The van der Waals surface area contributed by atoms with E-state index in [1.54, 1.807) is 23.5 Å². The van der Waals surface area contributed by atoms with Crippen molar-refractivity contribution in [2.24, 2.45) is 0 Å². The summed E-state index contributed by atoms with van der Waals surface area (Å²) in [5.74, 6) is 0.650. The standard InChI is InChI=1S/C68H82O4S/c1-6-10-14-18-22-56-47-60(57(23-19-15-11-7-2)46-59(56)37-34-51-28-26-50(5)27-29-51)38-35-52-30-32-53(33-31-52)36-39-61-48-62(25-21-17-13-9-4)63(49-58(61)24-20-16-12-8-3)67-65-64(71-44-45-72-65)66(73-67)54-40-42-55(43-41-54)68(69)70/h26-43,46-49H,6-25,44-45H2,1-5H3,(H,69,70). The van der Waals surface area contributed by atoms with E-state index < -0.39 is 5.97 Å². The van der Waals surface area contributed by atoms with Crippen LogP contribution in [0.5, 0.6) is 11.5 Å². The van der Waals surface area contributed by atoms with Gasteiger partial charge in [-0.15, -0.1) is 11.3 Å². The number of thiophene rings is 1. The summed E-state index contributed by atoms with van der Waals surface area (Å²) in [6.45, 7) is 12.3. The minimum Gasteiger partial charge on any atom is -0.485 e. The van der Waals surface area contributed by atoms with Crippen molar-refractivity contribution in [2.45, 2.75) is 163 Å². The molecule has 73 heavy (non-hydrogen) atoms. The van der Waals surface area contributed by atoms with Crippen molar-refractivity contribution in [2.75, 3.05) is 13.2 Å². The highest BCUT2D eigenvalue weighted by Gasteiger charge is 2.28. The van der Waals surface area contributed by atoms with E-state index in [0.29, 0.717) is 13.2 Å². The van der Waals surface area contributed by atoms with Gasteiger partial charge in [0.25, 0.3) is 0 Å². The molecule has 5 aromatic carbocycles. The summed E-state index contributed by atoms with van der Waals surface area (Å²) in [7, 11) is 0. The molecule has 4 nitrogen and oxygen atoms in total. The summed E-state index contributed by atoms with van der Waals surface area (Å²) >= 11 is 1.70. The molecular weight excluding hydrogens is 913 g/mol. The maximum absolute atomic E-state index is 11.7. The lowest BCUT2D eigenvalue weighted by atomic mass is 9.90. The molecule has 1 aliphatic heterocycles. The molecule has 0 radical (unpaired) electrons. The molecule has 5 heteroatoms. The van der Waals surface area contributed by atoms with E-state index in [1.165, 1.54) is 157 Å². The number of carboxylic acids is 1. The van der Waals surface area contributed by atoms with E-state index >= 15 is 0 Å². The van der Waals surface area contributed by atoms with Crippen LogP contribution in [0, 0.1) is 6.92 Å². The van der Waals surface area contributed by atoms with Crippen molar-refractivity contribution in [3.63, 3.8) is 0 Å². The van der Waals surface area contributed by atoms with Crippen molar-refractivity contribution in [1.82, 2.24) is 0 Å². The second kappa shape index (κ2) is 29.1. The first kappa shape index (κ1) is 54.9. The number of hydrogen-bond acceptors (Lipinski definition) is 4. The van der Waals surface area contributed by atoms with Crippen LogP contribution in [0.25, 0.3) is 57.3 Å². The zero-order chi connectivity index (χ0) is 51.2. The second-order valence-corrected chi connectivity index (χ2v) is 21.3. The quantitative estimate of drug-likeness (QED) is 0.0376. The van der Waals surface area contributed by atoms with Gasteiger partial charge in [0.2, 0.25) is 0 Å². The third kappa shape index (κ3) is 16.0. The number of hydrogen-bond donors (Lipinski definition) is 1. The van der Waals surface area contributed by atoms with Crippen LogP contribution < -0.4 is 9.47 Å². The van der Waals surface area contributed by atoms with Crippen molar-refractivity contribution in [3.05, 3.63) is 164 Å². The normalized spacial score (nSPS) is 12.5. The van der Waals surface area contributed by atoms with Gasteiger partial charge in [-0.3, -0.25) is 0 Å². The number of aryl methyl sites for hydroxylation is 5. The second-order valence-electron chi connectivity index (χ2n) is 20.3. The minimum absolute atomic E-state index is 0.272. The van der Waals surface area contributed by atoms with Crippen molar-refractivity contribution < 1.29 is 19.4 Å². The van der Waals surface area contributed by atoms with E-state index in [4.69, 9.17) is 9.47 Å². The molecule has 0 fully saturated rings. The van der Waals surface area contributed by atoms with E-state index in [9.17, 15) is 9.90 Å². The van der Waals surface area contributed by atoms with Gasteiger partial charge >= 0.3 is 5.97 Å². The molecule has 1 aromatic heterocycles. The van der Waals surface area contributed by atoms with Gasteiger partial charge in [-0.2, -0.15) is 0 Å². The summed E-state index contributed by atoms with van der Waals surface area (Å²) in [5, 5.41) is 9.61. The highest BCUT2D eigenvalue weighted by atomic mass is 32.1. The molecule has 0 atom stereocenters. The van der Waals surface area contributed by atoms with Gasteiger partial charge in [0, 0.05) is 0 Å². The molecule has 1 aliphatic rings. The van der Waals surface area contributed by atoms with Gasteiger partial charge in [0.1, 0.15) is 13.2 Å². The van der Waals surface area contributed by atoms with E-state index in [0.717, 1.165) is 65.3 Å². The van der Waals surface area contributed by atoms with Crippen LogP contribution in [0.4, 0.5) is 0 Å². The van der Waals surface area contributed by atoms with Gasteiger partial charge < -0.3 is 14.6 Å². The number of carbonyl (C=O) groups is 1. The Balaban J connectivity index is 1.19. The predicted octanol–water partition coefficient (Wildman–Crippen LogP) is 19.9. The van der Waals surface area contributed by atoms with Crippen LogP contribution in [-0.4, -0.2) is 24.3 Å². The Morgan fingerprint density at radius 3 is 1.27 bits per heavy atom. The summed E-state index contributed by atoms with van der Waals surface area (Å²) in [6.07, 6.45) is 37.7. The topological polar surface area (TPSA) is 55.8 Å². The van der Waals surface area contributed by atoms with E-state index in [1.807, 2.05) is 12.1 Å². The molecule has 0 amide bonds. The van der Waals surface area contributed by atoms with Crippen LogP contribution >= 0.6 is 11.3 Å². The highest BCUT2D eigenvalue weighted by Crippen LogP contribution is 2.54. The van der Waals surface area contributed by atoms with Crippen LogP contribution in [0.3, 0.4) is 0 Å². The van der Waals surface area contributed by atoms with Gasteiger partial charge in [0.05, 0.1) is 15.3 Å². The molecule has 0 saturated carbocycles. The number of rotatable bonds is 29. The molecule has 384 valence electrons. The Morgan fingerprint density at radius 1 is 0.466 bits per heavy atom. The van der Waals surface area contributed by atoms with Crippen LogP contribution in [0.2, 0.25) is 0 Å². The molecule has 6 aromatic rings. The SMILES string of the molecule is CCCCCCc1cc(C=Cc2ccc(C=Cc3cc(CCCCCC)c(-c4sc(-c5ccc(C(=O)O)cc5)c5c4OCCO5)cc3CCCCCC)cc2)c(CCCCCC)cc1C=Cc1ccc(C)cc1. The maximum atomic E-state index is 11.7. The Kier molecular flexibility index (Phi) is 21.9. The maximum Gasteiger partial charge on any atom is 0.335 e. The lowest BCUT2D eigenvalue weighted by molar-refractivity contribution is 0.0697. The molecule has 7 rings (SSSR count). The van der Waals surface area contributed by atoms with E-state index in [-0.39, 0.29) is 5.56 Å². The molecule has 1 N–H and O–H groups in total. The molecule has 0 spiro atoms. The first-order chi connectivity index (χ1) is 35.8. The van der Waals surface area contributed by atoms with Gasteiger partial charge in [-0.1, -0.05) is 226 Å². The Hall–Kier alpha value is -5.91. The van der Waals surface area contributed by atoms with Crippen molar-refractivity contribution in [3.8, 4) is 32.4 Å². The first-order valence-corrected chi connectivity index (χ1v) is 28.9. The van der Waals surface area contributed by atoms with Gasteiger partial charge in [0.15, 0.2) is 11.5 Å². The Bertz CT molecular complexity index is 2750. The number of unbranched alkanes of at least 4 members (excludes halogenated alkanes) is 12. The molecule has 0 aliphatic carbocycles. The lowest BCUT2D eigenvalue weighted by Crippen LogP contribution is -2.15. The monoisotopic (exact) mass is 995 g/mol. The molecule has 2 heterocycles. The average molecular weight is 995 g/mol. The summed E-state index contributed by atoms with van der Waals surface area (Å²) in [5.41, 5.74) is 17.0. The number of ether oxygens (including phenoxy) is 2. The lowest BCUT2D eigenvalue weighted by Gasteiger charge is -2.19. The van der Waals surface area contributed by atoms with Crippen LogP contribution in [0.1, 0.15) is 202 Å². The summed E-state index contributed by atoms with van der Waals surface area (Å²) in [4.78, 5) is 13.8. The minimum atomic E-state index is -0.929. The van der Waals surface area contributed by atoms with Crippen molar-refractivity contribution >= 4 is 53.8 Å². The molecular formula is C68H82O4S. The zero-order valence-corrected chi connectivity index (χ0v) is 45.7. The Labute approximate surface area is 443 Å². The fraction of sp³-hybridized carbons (Fsp3) is 0.397. The third-order valence-corrected chi connectivity index (χ3v) is 15.6. The van der Waals surface area contributed by atoms with Gasteiger partial charge in [-0.05, 0) is 143 Å². The van der Waals surface area contributed by atoms with Crippen LogP contribution in [0.15, 0.2) is 97.1 Å². The number of fused-ring (bicyclic) bond motifs is 1. The summed E-state index contributed by atoms with van der Waals surface area (Å²) < 4.78 is 12.8. The average Bonchev–Trinajstić information content (AvgIpc) is 3.80. The molecule has 0 bridgehead atoms. The third-order valence-electron chi connectivity index (χ3n) is 14.4. The van der Waals surface area contributed by atoms with Gasteiger partial charge in [-0.25, -0.2) is 4.79 Å². The number of benzene rings is 5.